The fraction of sp³-hybridized carbons (Fsp3) is 0.0476. The minimum Gasteiger partial charge on any atom is -0.255 e. The molecule has 152 valence electrons. The zero-order valence-electron chi connectivity index (χ0n) is 15.3. The highest BCUT2D eigenvalue weighted by atomic mass is 32.2. The second-order valence-corrected chi connectivity index (χ2v) is 8.13. The molecule has 0 aliphatic heterocycles. The van der Waals surface area contributed by atoms with Crippen molar-refractivity contribution < 1.29 is 21.6 Å². The molecule has 0 aliphatic carbocycles. The van der Waals surface area contributed by atoms with Gasteiger partial charge in [-0.2, -0.15) is 13.2 Å². The first-order valence-corrected chi connectivity index (χ1v) is 10.2. The Balaban J connectivity index is 1.84. The van der Waals surface area contributed by atoms with Gasteiger partial charge < -0.3 is 0 Å². The predicted octanol–water partition coefficient (Wildman–Crippen LogP) is 4.63. The fourth-order valence-electron chi connectivity index (χ4n) is 3.09. The predicted molar refractivity (Wildman–Crippen MR) is 107 cm³/mol. The molecule has 0 fully saturated rings. The first kappa shape index (κ1) is 20.0. The molecule has 0 aliphatic rings. The third kappa shape index (κ3) is 3.89. The van der Waals surface area contributed by atoms with E-state index < -0.39 is 21.8 Å². The van der Waals surface area contributed by atoms with Crippen molar-refractivity contribution in [1.82, 2.24) is 9.97 Å². The minimum absolute atomic E-state index is 0.0453. The summed E-state index contributed by atoms with van der Waals surface area (Å²) in [7, 11) is -3.88. The Morgan fingerprint density at radius 2 is 1.60 bits per heavy atom. The summed E-state index contributed by atoms with van der Waals surface area (Å²) in [6, 6.07) is 15.9. The second-order valence-electron chi connectivity index (χ2n) is 6.57. The second kappa shape index (κ2) is 7.19. The van der Waals surface area contributed by atoms with Gasteiger partial charge in [0, 0.05) is 17.3 Å². The summed E-state index contributed by atoms with van der Waals surface area (Å²) >= 11 is 0. The minimum atomic E-state index is -4.42. The smallest absolute Gasteiger partial charge is 0.255 e. The Morgan fingerprint density at radius 1 is 0.867 bits per heavy atom. The van der Waals surface area contributed by atoms with Gasteiger partial charge in [-0.1, -0.05) is 24.3 Å². The molecule has 0 radical (unpaired) electrons. The van der Waals surface area contributed by atoms with Gasteiger partial charge >= 0.3 is 6.18 Å². The van der Waals surface area contributed by atoms with E-state index in [-0.39, 0.29) is 4.90 Å². The first-order valence-electron chi connectivity index (χ1n) is 8.69. The summed E-state index contributed by atoms with van der Waals surface area (Å²) in [6.07, 6.45) is -2.86. The van der Waals surface area contributed by atoms with E-state index in [0.29, 0.717) is 33.4 Å². The molecule has 5 nitrogen and oxygen atoms in total. The normalized spacial score (nSPS) is 12.3. The van der Waals surface area contributed by atoms with Crippen LogP contribution in [0.1, 0.15) is 5.56 Å². The molecule has 9 heteroatoms. The maximum Gasteiger partial charge on any atom is 0.416 e. The van der Waals surface area contributed by atoms with Crippen LogP contribution in [0.15, 0.2) is 77.8 Å². The van der Waals surface area contributed by atoms with Crippen LogP contribution in [0, 0.1) is 0 Å². The quantitative estimate of drug-likeness (QED) is 0.515. The molecule has 2 N–H and O–H groups in total. The molecule has 0 amide bonds. The average Bonchev–Trinajstić information content (AvgIpc) is 2.72. The molecule has 0 atom stereocenters. The van der Waals surface area contributed by atoms with E-state index in [1.807, 2.05) is 0 Å². The summed E-state index contributed by atoms with van der Waals surface area (Å²) < 4.78 is 61.8. The van der Waals surface area contributed by atoms with Crippen molar-refractivity contribution in [2.75, 3.05) is 0 Å². The Morgan fingerprint density at radius 3 is 2.27 bits per heavy atom. The molecule has 0 saturated carbocycles. The van der Waals surface area contributed by atoms with Gasteiger partial charge in [0.1, 0.15) is 0 Å². The number of pyridine rings is 2. The number of hydrogen-bond donors (Lipinski definition) is 1. The molecule has 0 bridgehead atoms. The number of sulfonamides is 1. The Hall–Kier alpha value is -3.30. The summed E-state index contributed by atoms with van der Waals surface area (Å²) in [5.74, 6) is 0. The van der Waals surface area contributed by atoms with Gasteiger partial charge in [-0.25, -0.2) is 18.5 Å². The van der Waals surface area contributed by atoms with E-state index in [9.17, 15) is 21.6 Å². The monoisotopic (exact) mass is 429 g/mol. The van der Waals surface area contributed by atoms with Crippen molar-refractivity contribution in [3.63, 3.8) is 0 Å². The number of aromatic nitrogens is 2. The fourth-order valence-corrected chi connectivity index (χ4v) is 3.65. The Bertz CT molecular complexity index is 1350. The van der Waals surface area contributed by atoms with E-state index in [1.54, 1.807) is 36.5 Å². The average molecular weight is 429 g/mol. The van der Waals surface area contributed by atoms with Gasteiger partial charge in [0.15, 0.2) is 0 Å². The number of fused-ring (bicyclic) bond motifs is 1. The summed E-state index contributed by atoms with van der Waals surface area (Å²) in [4.78, 5) is 8.81. The highest BCUT2D eigenvalue weighted by Crippen LogP contribution is 2.33. The van der Waals surface area contributed by atoms with Crippen LogP contribution < -0.4 is 5.14 Å². The van der Waals surface area contributed by atoms with Crippen molar-refractivity contribution in [3.05, 3.63) is 78.5 Å². The standard InChI is InChI=1S/C21H14F3N3O2S/c22-21(23,24)15-6-4-13(5-7-15)17-10-11-26-19-9-8-18(27-20(17)19)14-2-1-3-16(12-14)30(25,28)29/h1-12H,(H2,25,28,29). The SMILES string of the molecule is NS(=O)(=O)c1cccc(-c2ccc3nccc(-c4ccc(C(F)(F)F)cc4)c3n2)c1. The molecule has 4 aromatic rings. The highest BCUT2D eigenvalue weighted by Gasteiger charge is 2.30. The van der Waals surface area contributed by atoms with Gasteiger partial charge in [-0.3, -0.25) is 4.98 Å². The number of primary sulfonamides is 1. The molecule has 2 heterocycles. The number of halogens is 3. The van der Waals surface area contributed by atoms with Crippen LogP contribution >= 0.6 is 0 Å². The van der Waals surface area contributed by atoms with Gasteiger partial charge in [0.05, 0.1) is 27.2 Å². The maximum absolute atomic E-state index is 12.9. The van der Waals surface area contributed by atoms with Crippen LogP contribution in [0.3, 0.4) is 0 Å². The highest BCUT2D eigenvalue weighted by molar-refractivity contribution is 7.89. The zero-order valence-corrected chi connectivity index (χ0v) is 16.1. The largest absolute Gasteiger partial charge is 0.416 e. The van der Waals surface area contributed by atoms with Crippen LogP contribution in [0.4, 0.5) is 13.2 Å². The third-order valence-electron chi connectivity index (χ3n) is 4.57. The third-order valence-corrected chi connectivity index (χ3v) is 5.48. The van der Waals surface area contributed by atoms with E-state index in [0.717, 1.165) is 12.1 Å². The summed E-state index contributed by atoms with van der Waals surface area (Å²) in [5, 5.41) is 5.20. The molecular weight excluding hydrogens is 415 g/mol. The lowest BCUT2D eigenvalue weighted by Crippen LogP contribution is -2.11. The van der Waals surface area contributed by atoms with Crippen molar-refractivity contribution in [2.45, 2.75) is 11.1 Å². The van der Waals surface area contributed by atoms with Crippen LogP contribution in [0.25, 0.3) is 33.4 Å². The number of nitrogens with two attached hydrogens (primary N) is 1. The number of nitrogens with zero attached hydrogens (tertiary/aromatic N) is 2. The van der Waals surface area contributed by atoms with Gasteiger partial charge in [-0.15, -0.1) is 0 Å². The lowest BCUT2D eigenvalue weighted by Gasteiger charge is -2.10. The molecule has 2 aromatic carbocycles. The molecule has 4 rings (SSSR count). The first-order chi connectivity index (χ1) is 14.1. The molecule has 2 aromatic heterocycles. The number of alkyl halides is 3. The zero-order chi connectivity index (χ0) is 21.5. The van der Waals surface area contributed by atoms with Gasteiger partial charge in [-0.05, 0) is 48.0 Å². The Labute approximate surface area is 170 Å². The lowest BCUT2D eigenvalue weighted by atomic mass is 10.0. The molecule has 30 heavy (non-hydrogen) atoms. The number of benzene rings is 2. The van der Waals surface area contributed by atoms with Crippen molar-refractivity contribution in [1.29, 1.82) is 0 Å². The van der Waals surface area contributed by atoms with Crippen LogP contribution in [-0.4, -0.2) is 18.4 Å². The number of hydrogen-bond acceptors (Lipinski definition) is 4. The molecule has 0 saturated heterocycles. The Kier molecular flexibility index (Phi) is 4.79. The van der Waals surface area contributed by atoms with E-state index >= 15 is 0 Å². The van der Waals surface area contributed by atoms with Gasteiger partial charge in [0.25, 0.3) is 0 Å². The van der Waals surface area contributed by atoms with Crippen molar-refractivity contribution in [3.8, 4) is 22.4 Å². The maximum atomic E-state index is 12.9. The molecule has 0 spiro atoms. The van der Waals surface area contributed by atoms with Crippen molar-refractivity contribution >= 4 is 21.1 Å². The van der Waals surface area contributed by atoms with Gasteiger partial charge in [0.2, 0.25) is 10.0 Å². The topological polar surface area (TPSA) is 85.9 Å². The lowest BCUT2D eigenvalue weighted by molar-refractivity contribution is -0.137. The van der Waals surface area contributed by atoms with E-state index in [1.165, 1.54) is 24.3 Å². The number of rotatable bonds is 3. The van der Waals surface area contributed by atoms with E-state index in [4.69, 9.17) is 5.14 Å². The summed E-state index contributed by atoms with van der Waals surface area (Å²) in [5.41, 5.74) is 2.48. The van der Waals surface area contributed by atoms with E-state index in [2.05, 4.69) is 9.97 Å². The molecular formula is C21H14F3N3O2S. The van der Waals surface area contributed by atoms with Crippen LogP contribution in [0.5, 0.6) is 0 Å². The molecule has 0 unspecified atom stereocenters. The van der Waals surface area contributed by atoms with Crippen LogP contribution in [0.2, 0.25) is 0 Å². The van der Waals surface area contributed by atoms with Crippen molar-refractivity contribution in [2.24, 2.45) is 5.14 Å². The summed E-state index contributed by atoms with van der Waals surface area (Å²) in [6.45, 7) is 0. The van der Waals surface area contributed by atoms with Crippen LogP contribution in [-0.2, 0) is 16.2 Å².